The summed E-state index contributed by atoms with van der Waals surface area (Å²) in [5.74, 6) is 0. The van der Waals surface area contributed by atoms with E-state index in [1.54, 1.807) is 17.8 Å². The molecule has 0 aromatic rings. The third-order valence-electron chi connectivity index (χ3n) is 2.20. The van der Waals surface area contributed by atoms with Crippen molar-refractivity contribution in [1.82, 2.24) is 0 Å². The fourth-order valence-electron chi connectivity index (χ4n) is 1.42. The van der Waals surface area contributed by atoms with Gasteiger partial charge in [0.2, 0.25) is 0 Å². The summed E-state index contributed by atoms with van der Waals surface area (Å²) in [7, 11) is 0. The summed E-state index contributed by atoms with van der Waals surface area (Å²) in [6.45, 7) is 7.72. The molecule has 0 atom stereocenters. The Morgan fingerprint density at radius 1 is 1.57 bits per heavy atom. The van der Waals surface area contributed by atoms with Crippen LogP contribution in [0.2, 0.25) is 0 Å². The molecule has 0 saturated carbocycles. The number of thioether (sulfide) groups is 1. The Labute approximate surface area is 88.8 Å². The molecule has 1 heterocycles. The van der Waals surface area contributed by atoms with Crippen LogP contribution >= 0.6 is 11.8 Å². The molecule has 0 radical (unpaired) electrons. The van der Waals surface area contributed by atoms with Crippen molar-refractivity contribution in [1.29, 1.82) is 10.8 Å². The van der Waals surface area contributed by atoms with Crippen molar-refractivity contribution in [3.05, 3.63) is 33.6 Å². The maximum Gasteiger partial charge on any atom is 0.0725 e. The van der Waals surface area contributed by atoms with Gasteiger partial charge in [-0.1, -0.05) is 31.3 Å². The van der Waals surface area contributed by atoms with Crippen LogP contribution in [0.3, 0.4) is 0 Å². The number of hydrogen-bond acceptors (Lipinski definition) is 3. The average molecular weight is 206 g/mol. The molecule has 2 nitrogen and oxygen atoms in total. The summed E-state index contributed by atoms with van der Waals surface area (Å²) in [6.07, 6.45) is 3.77. The molecule has 0 amide bonds. The quantitative estimate of drug-likeness (QED) is 0.682. The molecule has 0 saturated heterocycles. The molecule has 74 valence electrons. The Bertz CT molecular complexity index is 351. The Hall–Kier alpha value is -1.09. The summed E-state index contributed by atoms with van der Waals surface area (Å²) < 4.78 is 0. The lowest BCUT2D eigenvalue weighted by molar-refractivity contribution is 1.15. The molecule has 0 unspecified atom stereocenters. The molecule has 2 N–H and O–H groups in total. The molecule has 0 bridgehead atoms. The van der Waals surface area contributed by atoms with E-state index in [0.29, 0.717) is 5.71 Å². The average Bonchev–Trinajstić information content (AvgIpc) is 2.45. The van der Waals surface area contributed by atoms with Crippen LogP contribution in [0.15, 0.2) is 33.6 Å². The zero-order valence-electron chi connectivity index (χ0n) is 8.48. The zero-order chi connectivity index (χ0) is 10.7. The molecule has 1 aliphatic rings. The lowest BCUT2D eigenvalue weighted by atomic mass is 10.1. The van der Waals surface area contributed by atoms with E-state index < -0.39 is 0 Å². The first-order valence-corrected chi connectivity index (χ1v) is 5.31. The van der Waals surface area contributed by atoms with Gasteiger partial charge in [0.25, 0.3) is 0 Å². The van der Waals surface area contributed by atoms with Gasteiger partial charge < -0.3 is 5.41 Å². The van der Waals surface area contributed by atoms with E-state index in [4.69, 9.17) is 10.8 Å². The third-order valence-corrected chi connectivity index (χ3v) is 3.40. The van der Waals surface area contributed by atoms with E-state index in [-0.39, 0.29) is 0 Å². The van der Waals surface area contributed by atoms with Crippen molar-refractivity contribution < 1.29 is 0 Å². The van der Waals surface area contributed by atoms with Gasteiger partial charge in [0, 0.05) is 16.7 Å². The minimum absolute atomic E-state index is 0.563. The van der Waals surface area contributed by atoms with E-state index in [1.807, 2.05) is 6.92 Å². The first-order chi connectivity index (χ1) is 6.65. The highest BCUT2D eigenvalue weighted by Crippen LogP contribution is 2.40. The Kier molecular flexibility index (Phi) is 3.47. The standard InChI is InChI=1S/C11H14N2S/c1-4-8(6-12)11-10(13)9(5-2)7(3)14-11/h4,6,12-13H,1,5H2,2-3H3/b11-8+,12-6?,13-10?. The maximum atomic E-state index is 7.94. The molecule has 3 heteroatoms. The Morgan fingerprint density at radius 3 is 2.57 bits per heavy atom. The lowest BCUT2D eigenvalue weighted by Gasteiger charge is -2.01. The Morgan fingerprint density at radius 2 is 2.21 bits per heavy atom. The highest BCUT2D eigenvalue weighted by Gasteiger charge is 2.23. The normalized spacial score (nSPS) is 20.0. The van der Waals surface area contributed by atoms with Crippen molar-refractivity contribution in [2.45, 2.75) is 20.3 Å². The number of allylic oxidation sites excluding steroid dienone is 5. The predicted molar refractivity (Wildman–Crippen MR) is 64.3 cm³/mol. The number of hydrogen-bond donors (Lipinski definition) is 2. The van der Waals surface area contributed by atoms with Gasteiger partial charge in [-0.05, 0) is 23.8 Å². The molecule has 0 spiro atoms. The van der Waals surface area contributed by atoms with E-state index in [2.05, 4.69) is 13.5 Å². The molecule has 1 rings (SSSR count). The van der Waals surface area contributed by atoms with E-state index in [1.165, 1.54) is 11.1 Å². The van der Waals surface area contributed by atoms with Crippen LogP contribution in [0.1, 0.15) is 20.3 Å². The van der Waals surface area contributed by atoms with Crippen LogP contribution in [0.5, 0.6) is 0 Å². The number of nitrogens with one attached hydrogen (secondary N) is 2. The second-order valence-corrected chi connectivity index (χ2v) is 4.22. The molecule has 0 aromatic carbocycles. The van der Waals surface area contributed by atoms with Gasteiger partial charge in [-0.2, -0.15) is 0 Å². The van der Waals surface area contributed by atoms with Crippen LogP contribution in [0.25, 0.3) is 0 Å². The highest BCUT2D eigenvalue weighted by atomic mass is 32.2. The summed E-state index contributed by atoms with van der Waals surface area (Å²) in [5, 5.41) is 15.2. The smallest absolute Gasteiger partial charge is 0.0725 e. The minimum atomic E-state index is 0.563. The van der Waals surface area contributed by atoms with E-state index in [0.717, 1.165) is 22.5 Å². The van der Waals surface area contributed by atoms with Crippen molar-refractivity contribution in [3.63, 3.8) is 0 Å². The molecule has 1 aliphatic heterocycles. The monoisotopic (exact) mass is 206 g/mol. The second-order valence-electron chi connectivity index (χ2n) is 3.00. The summed E-state index contributed by atoms with van der Waals surface area (Å²) in [4.78, 5) is 2.04. The molecule has 0 aromatic heterocycles. The van der Waals surface area contributed by atoms with Crippen LogP contribution in [0.4, 0.5) is 0 Å². The zero-order valence-corrected chi connectivity index (χ0v) is 9.29. The SMILES string of the molecule is C=C/C(C=N)=C1\SC(C)=C(CC)C1=N. The topological polar surface area (TPSA) is 47.7 Å². The predicted octanol–water partition coefficient (Wildman–Crippen LogP) is 3.53. The fraction of sp³-hybridized carbons (Fsp3) is 0.273. The van der Waals surface area contributed by atoms with E-state index >= 15 is 0 Å². The lowest BCUT2D eigenvalue weighted by Crippen LogP contribution is -1.99. The third kappa shape index (κ3) is 1.73. The van der Waals surface area contributed by atoms with Crippen LogP contribution < -0.4 is 0 Å². The minimum Gasteiger partial charge on any atom is -0.308 e. The Balaban J connectivity index is 3.15. The van der Waals surface area contributed by atoms with Crippen molar-refractivity contribution in [2.24, 2.45) is 0 Å². The van der Waals surface area contributed by atoms with Crippen molar-refractivity contribution in [3.8, 4) is 0 Å². The first-order valence-electron chi connectivity index (χ1n) is 4.49. The van der Waals surface area contributed by atoms with Gasteiger partial charge in [0.1, 0.15) is 0 Å². The van der Waals surface area contributed by atoms with E-state index in [9.17, 15) is 0 Å². The molecule has 0 aliphatic carbocycles. The molecule has 14 heavy (non-hydrogen) atoms. The maximum absolute atomic E-state index is 7.94. The van der Waals surface area contributed by atoms with Crippen LogP contribution in [-0.2, 0) is 0 Å². The van der Waals surface area contributed by atoms with Gasteiger partial charge in [0.15, 0.2) is 0 Å². The second kappa shape index (κ2) is 4.42. The van der Waals surface area contributed by atoms with Gasteiger partial charge in [0.05, 0.1) is 5.71 Å². The number of rotatable bonds is 3. The van der Waals surface area contributed by atoms with Gasteiger partial charge in [-0.25, -0.2) is 0 Å². The first kappa shape index (κ1) is 11.0. The summed E-state index contributed by atoms with van der Waals surface area (Å²) >= 11 is 1.58. The van der Waals surface area contributed by atoms with Crippen LogP contribution in [-0.4, -0.2) is 11.9 Å². The van der Waals surface area contributed by atoms with Crippen molar-refractivity contribution >= 4 is 23.7 Å². The highest BCUT2D eigenvalue weighted by molar-refractivity contribution is 8.08. The van der Waals surface area contributed by atoms with Gasteiger partial charge in [-0.3, -0.25) is 5.41 Å². The molecule has 0 fully saturated rings. The largest absolute Gasteiger partial charge is 0.308 e. The molecular weight excluding hydrogens is 192 g/mol. The van der Waals surface area contributed by atoms with Crippen molar-refractivity contribution in [2.75, 3.05) is 0 Å². The van der Waals surface area contributed by atoms with Gasteiger partial charge >= 0.3 is 0 Å². The fourth-order valence-corrected chi connectivity index (χ4v) is 2.59. The molecular formula is C11H14N2S. The summed E-state index contributed by atoms with van der Waals surface area (Å²) in [6, 6.07) is 0. The van der Waals surface area contributed by atoms with Crippen LogP contribution in [0, 0.1) is 10.8 Å². The summed E-state index contributed by atoms with van der Waals surface area (Å²) in [5.41, 5.74) is 2.39. The van der Waals surface area contributed by atoms with Gasteiger partial charge in [-0.15, -0.1) is 0 Å².